The van der Waals surface area contributed by atoms with Gasteiger partial charge in [-0.3, -0.25) is 0 Å². The first-order valence-electron chi connectivity index (χ1n) is 5.76. The van der Waals surface area contributed by atoms with Crippen LogP contribution in [0.4, 0.5) is 0 Å². The third-order valence-electron chi connectivity index (χ3n) is 4.17. The van der Waals surface area contributed by atoms with Gasteiger partial charge in [-0.1, -0.05) is 12.5 Å². The Kier molecular flexibility index (Phi) is 1.91. The summed E-state index contributed by atoms with van der Waals surface area (Å²) in [6.45, 7) is 0. The highest BCUT2D eigenvalue weighted by atomic mass is 16.3. The molecule has 3 atom stereocenters. The number of phenols is 2. The molecular formula is C13H16O2. The van der Waals surface area contributed by atoms with Gasteiger partial charge in [0, 0.05) is 0 Å². The second kappa shape index (κ2) is 3.16. The van der Waals surface area contributed by atoms with Gasteiger partial charge in [-0.25, -0.2) is 0 Å². The Morgan fingerprint density at radius 1 is 1.00 bits per heavy atom. The number of hydrogen-bond donors (Lipinski definition) is 2. The van der Waals surface area contributed by atoms with Gasteiger partial charge >= 0.3 is 0 Å². The Morgan fingerprint density at radius 2 is 1.87 bits per heavy atom. The van der Waals surface area contributed by atoms with Gasteiger partial charge in [0.25, 0.3) is 0 Å². The van der Waals surface area contributed by atoms with Gasteiger partial charge < -0.3 is 10.2 Å². The Labute approximate surface area is 89.6 Å². The first kappa shape index (κ1) is 9.08. The lowest BCUT2D eigenvalue weighted by Crippen LogP contribution is -2.08. The molecule has 2 nitrogen and oxygen atoms in total. The highest BCUT2D eigenvalue weighted by Crippen LogP contribution is 2.53. The SMILES string of the molecule is Oc1ccc([C@H]2C[C@H]3CC[C@@H]2C3)cc1O. The van der Waals surface area contributed by atoms with Gasteiger partial charge in [0.2, 0.25) is 0 Å². The van der Waals surface area contributed by atoms with Crippen LogP contribution in [-0.2, 0) is 0 Å². The molecule has 2 N–H and O–H groups in total. The molecule has 80 valence electrons. The van der Waals surface area contributed by atoms with Gasteiger partial charge in [0.05, 0.1) is 0 Å². The van der Waals surface area contributed by atoms with Crippen molar-refractivity contribution in [2.24, 2.45) is 11.8 Å². The van der Waals surface area contributed by atoms with Crippen molar-refractivity contribution in [2.45, 2.75) is 31.6 Å². The molecular weight excluding hydrogens is 188 g/mol. The van der Waals surface area contributed by atoms with Crippen molar-refractivity contribution in [1.82, 2.24) is 0 Å². The normalized spacial score (nSPS) is 33.5. The van der Waals surface area contributed by atoms with E-state index in [0.717, 1.165) is 11.8 Å². The van der Waals surface area contributed by atoms with Crippen molar-refractivity contribution in [3.05, 3.63) is 23.8 Å². The summed E-state index contributed by atoms with van der Waals surface area (Å²) in [6.07, 6.45) is 5.38. The molecule has 15 heavy (non-hydrogen) atoms. The molecule has 0 heterocycles. The van der Waals surface area contributed by atoms with Crippen LogP contribution in [0.15, 0.2) is 18.2 Å². The molecule has 0 unspecified atom stereocenters. The van der Waals surface area contributed by atoms with E-state index in [9.17, 15) is 10.2 Å². The maximum absolute atomic E-state index is 9.48. The van der Waals surface area contributed by atoms with Gasteiger partial charge in [0.15, 0.2) is 11.5 Å². The zero-order chi connectivity index (χ0) is 10.4. The molecule has 2 aliphatic rings. The fourth-order valence-electron chi connectivity index (χ4n) is 3.42. The Hall–Kier alpha value is -1.18. The standard InChI is InChI=1S/C13H16O2/c14-12-4-3-10(7-13(12)15)11-6-8-1-2-9(11)5-8/h3-4,7-9,11,14-15H,1-2,5-6H2/t8-,9+,11-/m0/s1. The number of fused-ring (bicyclic) bond motifs is 2. The minimum absolute atomic E-state index is 0.0121. The molecule has 2 heteroatoms. The van der Waals surface area contributed by atoms with Crippen molar-refractivity contribution >= 4 is 0 Å². The molecule has 2 bridgehead atoms. The van der Waals surface area contributed by atoms with Crippen LogP contribution in [0.2, 0.25) is 0 Å². The first-order chi connectivity index (χ1) is 7.24. The number of benzene rings is 1. The lowest BCUT2D eigenvalue weighted by molar-refractivity contribution is 0.395. The summed E-state index contributed by atoms with van der Waals surface area (Å²) in [7, 11) is 0. The van der Waals surface area contributed by atoms with Crippen LogP contribution >= 0.6 is 0 Å². The third kappa shape index (κ3) is 1.39. The molecule has 0 spiro atoms. The molecule has 0 amide bonds. The lowest BCUT2D eigenvalue weighted by atomic mass is 9.83. The van der Waals surface area contributed by atoms with Crippen molar-refractivity contribution in [3.63, 3.8) is 0 Å². The quantitative estimate of drug-likeness (QED) is 0.690. The van der Waals surface area contributed by atoms with Gasteiger partial charge in [-0.15, -0.1) is 0 Å². The second-order valence-electron chi connectivity index (χ2n) is 5.03. The van der Waals surface area contributed by atoms with Crippen molar-refractivity contribution < 1.29 is 10.2 Å². The summed E-state index contributed by atoms with van der Waals surface area (Å²) in [4.78, 5) is 0. The molecule has 0 saturated heterocycles. The fourth-order valence-corrected chi connectivity index (χ4v) is 3.42. The summed E-state index contributed by atoms with van der Waals surface area (Å²) < 4.78 is 0. The lowest BCUT2D eigenvalue weighted by Gasteiger charge is -2.22. The Bertz CT molecular complexity index is 386. The molecule has 0 aliphatic heterocycles. The largest absolute Gasteiger partial charge is 0.504 e. The number of phenolic OH excluding ortho intramolecular Hbond substituents is 2. The van der Waals surface area contributed by atoms with Crippen LogP contribution in [0.25, 0.3) is 0 Å². The monoisotopic (exact) mass is 204 g/mol. The van der Waals surface area contributed by atoms with E-state index in [1.165, 1.54) is 31.2 Å². The van der Waals surface area contributed by atoms with Crippen LogP contribution in [0.1, 0.15) is 37.2 Å². The summed E-state index contributed by atoms with van der Waals surface area (Å²) in [5.41, 5.74) is 1.21. The zero-order valence-electron chi connectivity index (χ0n) is 8.69. The predicted molar refractivity (Wildman–Crippen MR) is 58.0 cm³/mol. The number of rotatable bonds is 1. The topological polar surface area (TPSA) is 40.5 Å². The maximum atomic E-state index is 9.48. The molecule has 2 fully saturated rings. The molecule has 1 aromatic rings. The maximum Gasteiger partial charge on any atom is 0.157 e. The smallest absolute Gasteiger partial charge is 0.157 e. The van der Waals surface area contributed by atoms with E-state index in [4.69, 9.17) is 0 Å². The minimum atomic E-state index is -0.0121. The van der Waals surface area contributed by atoms with Crippen molar-refractivity contribution in [2.75, 3.05) is 0 Å². The number of aromatic hydroxyl groups is 2. The molecule has 1 aromatic carbocycles. The van der Waals surface area contributed by atoms with Crippen LogP contribution < -0.4 is 0 Å². The number of hydrogen-bond acceptors (Lipinski definition) is 2. The van der Waals surface area contributed by atoms with Crippen LogP contribution in [0, 0.1) is 11.8 Å². The van der Waals surface area contributed by atoms with E-state index in [1.54, 1.807) is 12.1 Å². The van der Waals surface area contributed by atoms with E-state index in [-0.39, 0.29) is 11.5 Å². The molecule has 0 radical (unpaired) electrons. The fraction of sp³-hybridized carbons (Fsp3) is 0.538. The first-order valence-corrected chi connectivity index (χ1v) is 5.76. The van der Waals surface area contributed by atoms with Crippen molar-refractivity contribution in [1.29, 1.82) is 0 Å². The summed E-state index contributed by atoms with van der Waals surface area (Å²) in [5.74, 6) is 2.36. The minimum Gasteiger partial charge on any atom is -0.504 e. The Morgan fingerprint density at radius 3 is 2.47 bits per heavy atom. The molecule has 3 rings (SSSR count). The molecule has 2 aliphatic carbocycles. The van der Waals surface area contributed by atoms with Crippen LogP contribution in [0.3, 0.4) is 0 Å². The highest BCUT2D eigenvalue weighted by Gasteiger charge is 2.40. The van der Waals surface area contributed by atoms with Gasteiger partial charge in [0.1, 0.15) is 0 Å². The van der Waals surface area contributed by atoms with Gasteiger partial charge in [-0.2, -0.15) is 0 Å². The van der Waals surface area contributed by atoms with E-state index in [0.29, 0.717) is 5.92 Å². The van der Waals surface area contributed by atoms with Gasteiger partial charge in [-0.05, 0) is 54.7 Å². The Balaban J connectivity index is 1.90. The predicted octanol–water partition coefficient (Wildman–Crippen LogP) is 3.00. The van der Waals surface area contributed by atoms with Crippen molar-refractivity contribution in [3.8, 4) is 11.5 Å². The zero-order valence-corrected chi connectivity index (χ0v) is 8.69. The average Bonchev–Trinajstić information content (AvgIpc) is 2.83. The van der Waals surface area contributed by atoms with E-state index >= 15 is 0 Å². The summed E-state index contributed by atoms with van der Waals surface area (Å²) >= 11 is 0. The highest BCUT2D eigenvalue weighted by molar-refractivity contribution is 5.42. The second-order valence-corrected chi connectivity index (χ2v) is 5.03. The van der Waals surface area contributed by atoms with E-state index in [2.05, 4.69) is 0 Å². The average molecular weight is 204 g/mol. The third-order valence-corrected chi connectivity index (χ3v) is 4.17. The molecule has 0 aromatic heterocycles. The summed E-state index contributed by atoms with van der Waals surface area (Å²) in [6, 6.07) is 5.30. The van der Waals surface area contributed by atoms with E-state index in [1.807, 2.05) is 6.07 Å². The van der Waals surface area contributed by atoms with Crippen LogP contribution in [-0.4, -0.2) is 10.2 Å². The van der Waals surface area contributed by atoms with Crippen LogP contribution in [0.5, 0.6) is 11.5 Å². The summed E-state index contributed by atoms with van der Waals surface area (Å²) in [5, 5.41) is 18.7. The molecule has 2 saturated carbocycles. The van der Waals surface area contributed by atoms with E-state index < -0.39 is 0 Å².